The minimum absolute atomic E-state index is 0.838. The Kier molecular flexibility index (Phi) is 4.31. The molecule has 0 spiro atoms. The Morgan fingerprint density at radius 1 is 1.07 bits per heavy atom. The summed E-state index contributed by atoms with van der Waals surface area (Å²) in [5.41, 5.74) is 1.29. The molecule has 0 unspecified atom stereocenters. The average molecular weight is 315 g/mol. The van der Waals surface area contributed by atoms with Gasteiger partial charge in [-0.3, -0.25) is 0 Å². The fraction of sp³-hybridized carbons (Fsp3) is 0.500. The molecule has 0 amide bonds. The molecule has 1 rings (SSSR count). The van der Waals surface area contributed by atoms with Gasteiger partial charge < -0.3 is 0 Å². The van der Waals surface area contributed by atoms with Crippen molar-refractivity contribution in [3.63, 3.8) is 0 Å². The molecule has 0 heterocycles. The summed E-state index contributed by atoms with van der Waals surface area (Å²) < 4.78 is 11.9. The molecule has 2 nitrogen and oxygen atoms in total. The van der Waals surface area contributed by atoms with Gasteiger partial charge in [-0.15, -0.1) is 0 Å². The van der Waals surface area contributed by atoms with E-state index in [0.717, 1.165) is 11.5 Å². The molecule has 15 heavy (non-hydrogen) atoms. The number of para-hydroxylation sites is 1. The van der Waals surface area contributed by atoms with Crippen LogP contribution in [0.2, 0.25) is 14.8 Å². The van der Waals surface area contributed by atoms with Crippen LogP contribution in [0.3, 0.4) is 0 Å². The van der Waals surface area contributed by atoms with Crippen molar-refractivity contribution in [3.05, 3.63) is 23.8 Å². The Bertz CT molecular complexity index is 329. The molecule has 0 aromatic heterocycles. The van der Waals surface area contributed by atoms with E-state index < -0.39 is 18.4 Å². The third-order valence-corrected chi connectivity index (χ3v) is 6.32. The molecule has 1 aromatic rings. The molecule has 0 fully saturated rings. The quantitative estimate of drug-likeness (QED) is 0.795. The number of hydrogen-bond donors (Lipinski definition) is 0. The van der Waals surface area contributed by atoms with Gasteiger partial charge in [0.2, 0.25) is 0 Å². The second-order valence-electron chi connectivity index (χ2n) is 4.89. The minimum atomic E-state index is -1.82. The summed E-state index contributed by atoms with van der Waals surface area (Å²) in [5.74, 6) is 1.75. The summed E-state index contributed by atoms with van der Waals surface area (Å²) in [6, 6.07) is 6.12. The van der Waals surface area contributed by atoms with Crippen molar-refractivity contribution in [2.75, 3.05) is 14.2 Å². The molecule has 84 valence electrons. The summed E-state index contributed by atoms with van der Waals surface area (Å²) in [4.78, 5) is 7.27. The van der Waals surface area contributed by atoms with Crippen molar-refractivity contribution in [1.29, 1.82) is 0 Å². The second kappa shape index (κ2) is 5.10. The van der Waals surface area contributed by atoms with Gasteiger partial charge in [-0.1, -0.05) is 0 Å². The third-order valence-electron chi connectivity index (χ3n) is 2.21. The average Bonchev–Trinajstić information content (AvgIpc) is 2.15. The van der Waals surface area contributed by atoms with Gasteiger partial charge in [0, 0.05) is 0 Å². The normalized spacial score (nSPS) is 11.3. The van der Waals surface area contributed by atoms with Crippen molar-refractivity contribution < 1.29 is 9.47 Å². The maximum absolute atomic E-state index is 5.42. The van der Waals surface area contributed by atoms with Gasteiger partial charge in [-0.05, 0) is 0 Å². The van der Waals surface area contributed by atoms with Gasteiger partial charge in [-0.25, -0.2) is 0 Å². The van der Waals surface area contributed by atoms with Gasteiger partial charge in [0.25, 0.3) is 0 Å². The van der Waals surface area contributed by atoms with E-state index in [1.54, 1.807) is 14.2 Å². The second-order valence-corrected chi connectivity index (χ2v) is 20.5. The van der Waals surface area contributed by atoms with Crippen LogP contribution in [-0.2, 0) is 4.44 Å². The van der Waals surface area contributed by atoms with Gasteiger partial charge in [0.1, 0.15) is 0 Å². The van der Waals surface area contributed by atoms with Crippen LogP contribution in [0.15, 0.2) is 18.2 Å². The first-order valence-electron chi connectivity index (χ1n) is 5.18. The van der Waals surface area contributed by atoms with Crippen molar-refractivity contribution in [2.45, 2.75) is 19.3 Å². The third kappa shape index (κ3) is 3.59. The molecule has 1 aromatic carbocycles. The Hall–Kier alpha value is -0.381. The summed E-state index contributed by atoms with van der Waals surface area (Å²) in [6.45, 7) is 0. The van der Waals surface area contributed by atoms with Crippen LogP contribution in [0, 0.1) is 0 Å². The van der Waals surface area contributed by atoms with Crippen LogP contribution in [-0.4, -0.2) is 32.6 Å². The molecule has 0 aliphatic rings. The van der Waals surface area contributed by atoms with E-state index in [1.165, 1.54) is 10.0 Å². The van der Waals surface area contributed by atoms with Crippen molar-refractivity contribution in [3.8, 4) is 11.5 Å². The van der Waals surface area contributed by atoms with Crippen LogP contribution in [0.1, 0.15) is 5.56 Å². The van der Waals surface area contributed by atoms with E-state index in [9.17, 15) is 0 Å². The summed E-state index contributed by atoms with van der Waals surface area (Å²) in [6.07, 6.45) is 0. The fourth-order valence-corrected chi connectivity index (χ4v) is 5.72. The summed E-state index contributed by atoms with van der Waals surface area (Å²) in [5, 5.41) is 0. The molecule has 3 heteroatoms. The number of hydrogen-bond acceptors (Lipinski definition) is 2. The van der Waals surface area contributed by atoms with Crippen LogP contribution < -0.4 is 9.47 Å². The molecular formula is C12H20O2Sn. The van der Waals surface area contributed by atoms with Gasteiger partial charge in [0.05, 0.1) is 0 Å². The molecule has 0 saturated heterocycles. The maximum atomic E-state index is 5.42. The molecule has 0 saturated carbocycles. The number of benzene rings is 1. The zero-order valence-corrected chi connectivity index (χ0v) is 13.1. The van der Waals surface area contributed by atoms with E-state index in [4.69, 9.17) is 9.47 Å². The first-order valence-corrected chi connectivity index (χ1v) is 15.8. The topological polar surface area (TPSA) is 18.5 Å². The Morgan fingerprint density at radius 2 is 1.73 bits per heavy atom. The van der Waals surface area contributed by atoms with E-state index in [1.807, 2.05) is 12.1 Å². The van der Waals surface area contributed by atoms with Crippen LogP contribution in [0.4, 0.5) is 0 Å². The SMILES string of the molecule is COc1cccc([CH2][Sn]([CH3])([CH3])[CH3])c1OC. The van der Waals surface area contributed by atoms with Gasteiger partial charge in [-0.2, -0.15) is 0 Å². The van der Waals surface area contributed by atoms with E-state index in [0.29, 0.717) is 0 Å². The van der Waals surface area contributed by atoms with E-state index >= 15 is 0 Å². The predicted octanol–water partition coefficient (Wildman–Crippen LogP) is 3.12. The Balaban J connectivity index is 3.06. The van der Waals surface area contributed by atoms with Gasteiger partial charge >= 0.3 is 96.6 Å². The number of rotatable bonds is 4. The predicted molar refractivity (Wildman–Crippen MR) is 66.6 cm³/mol. The monoisotopic (exact) mass is 316 g/mol. The Labute approximate surface area is 96.5 Å². The zero-order valence-electron chi connectivity index (χ0n) is 10.3. The molecule has 0 bridgehead atoms. The molecule has 0 aliphatic carbocycles. The first-order chi connectivity index (χ1) is 6.98. The van der Waals surface area contributed by atoms with Crippen molar-refractivity contribution in [2.24, 2.45) is 0 Å². The van der Waals surface area contributed by atoms with Crippen molar-refractivity contribution in [1.82, 2.24) is 0 Å². The van der Waals surface area contributed by atoms with E-state index in [-0.39, 0.29) is 0 Å². The van der Waals surface area contributed by atoms with E-state index in [2.05, 4.69) is 20.9 Å². The Morgan fingerprint density at radius 3 is 2.20 bits per heavy atom. The summed E-state index contributed by atoms with van der Waals surface area (Å²) >= 11 is -1.82. The van der Waals surface area contributed by atoms with Crippen LogP contribution >= 0.6 is 0 Å². The van der Waals surface area contributed by atoms with Gasteiger partial charge in [0.15, 0.2) is 0 Å². The fourth-order valence-electron chi connectivity index (χ4n) is 1.66. The molecule has 0 N–H and O–H groups in total. The summed E-state index contributed by atoms with van der Waals surface area (Å²) in [7, 11) is 3.39. The standard InChI is InChI=1S/C9H11O2.3CH3.Sn/c1-7-5-4-6-8(10-2)9(7)11-3;;;;/h4-6H,1H2,2-3H3;3*1H3;. The van der Waals surface area contributed by atoms with Crippen LogP contribution in [0.5, 0.6) is 11.5 Å². The first kappa shape index (κ1) is 12.7. The van der Waals surface area contributed by atoms with Crippen molar-refractivity contribution >= 4 is 18.4 Å². The number of ether oxygens (including phenoxy) is 2. The molecule has 0 radical (unpaired) electrons. The molecule has 0 aliphatic heterocycles. The molecule has 0 atom stereocenters. The molecular weight excluding hydrogens is 295 g/mol. The number of methoxy groups -OCH3 is 2. The zero-order chi connectivity index (χ0) is 11.5. The van der Waals surface area contributed by atoms with Crippen LogP contribution in [0.25, 0.3) is 0 Å².